The number of aryl methyl sites for hydroxylation is 1. The van der Waals surface area contributed by atoms with Gasteiger partial charge in [-0.1, -0.05) is 12.1 Å². The second kappa shape index (κ2) is 7.35. The van der Waals surface area contributed by atoms with Crippen molar-refractivity contribution >= 4 is 34.8 Å². The van der Waals surface area contributed by atoms with Crippen molar-refractivity contribution in [2.24, 2.45) is 0 Å². The molecule has 1 aliphatic heterocycles. The van der Waals surface area contributed by atoms with E-state index >= 15 is 0 Å². The van der Waals surface area contributed by atoms with Crippen LogP contribution in [0.2, 0.25) is 0 Å². The SMILES string of the molecule is Cc1ccc(NC(=O)C(=O)Nc2cccc(F)c2)cc1N1CCCC1=O. The van der Waals surface area contributed by atoms with Crippen molar-refractivity contribution in [3.8, 4) is 0 Å². The van der Waals surface area contributed by atoms with Crippen LogP contribution in [0, 0.1) is 12.7 Å². The van der Waals surface area contributed by atoms with E-state index in [0.717, 1.165) is 23.7 Å². The van der Waals surface area contributed by atoms with Gasteiger partial charge in [-0.15, -0.1) is 0 Å². The highest BCUT2D eigenvalue weighted by atomic mass is 19.1. The first-order valence-electron chi connectivity index (χ1n) is 8.23. The summed E-state index contributed by atoms with van der Waals surface area (Å²) in [6.07, 6.45) is 1.30. The second-order valence-corrected chi connectivity index (χ2v) is 6.07. The Hall–Kier alpha value is -3.22. The van der Waals surface area contributed by atoms with Crippen LogP contribution in [-0.4, -0.2) is 24.3 Å². The summed E-state index contributed by atoms with van der Waals surface area (Å²) < 4.78 is 13.1. The highest BCUT2D eigenvalue weighted by Gasteiger charge is 2.23. The molecule has 0 unspecified atom stereocenters. The molecule has 134 valence electrons. The van der Waals surface area contributed by atoms with Gasteiger partial charge in [-0.3, -0.25) is 14.4 Å². The molecule has 0 bridgehead atoms. The summed E-state index contributed by atoms with van der Waals surface area (Å²) in [6, 6.07) is 10.4. The first-order chi connectivity index (χ1) is 12.4. The molecule has 2 aromatic carbocycles. The van der Waals surface area contributed by atoms with Crippen LogP contribution in [0.5, 0.6) is 0 Å². The minimum Gasteiger partial charge on any atom is -0.318 e. The lowest BCUT2D eigenvalue weighted by Crippen LogP contribution is -2.29. The minimum absolute atomic E-state index is 0.0421. The van der Waals surface area contributed by atoms with E-state index in [9.17, 15) is 18.8 Å². The van der Waals surface area contributed by atoms with E-state index in [1.54, 1.807) is 23.1 Å². The molecule has 26 heavy (non-hydrogen) atoms. The van der Waals surface area contributed by atoms with Gasteiger partial charge in [-0.2, -0.15) is 0 Å². The van der Waals surface area contributed by atoms with Crippen molar-refractivity contribution in [2.45, 2.75) is 19.8 Å². The lowest BCUT2D eigenvalue weighted by Gasteiger charge is -2.19. The Morgan fingerprint density at radius 2 is 1.73 bits per heavy atom. The quantitative estimate of drug-likeness (QED) is 0.831. The Labute approximate surface area is 150 Å². The zero-order valence-electron chi connectivity index (χ0n) is 14.2. The normalized spacial score (nSPS) is 13.6. The molecular formula is C19H18FN3O3. The lowest BCUT2D eigenvalue weighted by molar-refractivity contribution is -0.133. The summed E-state index contributed by atoms with van der Waals surface area (Å²) in [7, 11) is 0. The summed E-state index contributed by atoms with van der Waals surface area (Å²) in [5.74, 6) is -2.26. The first-order valence-corrected chi connectivity index (χ1v) is 8.23. The van der Waals surface area contributed by atoms with Crippen LogP contribution >= 0.6 is 0 Å². The van der Waals surface area contributed by atoms with Crippen molar-refractivity contribution in [3.63, 3.8) is 0 Å². The standard InChI is InChI=1S/C19H18FN3O3/c1-12-7-8-15(11-16(12)23-9-3-6-17(23)24)22-19(26)18(25)21-14-5-2-4-13(20)10-14/h2,4-5,7-8,10-11H,3,6,9H2,1H3,(H,21,25)(H,22,26). The predicted octanol–water partition coefficient (Wildman–Crippen LogP) is 2.84. The van der Waals surface area contributed by atoms with Crippen molar-refractivity contribution in [1.82, 2.24) is 0 Å². The molecule has 1 saturated heterocycles. The number of halogens is 1. The van der Waals surface area contributed by atoms with Crippen LogP contribution in [0.15, 0.2) is 42.5 Å². The number of anilines is 3. The molecule has 0 radical (unpaired) electrons. The van der Waals surface area contributed by atoms with E-state index in [2.05, 4.69) is 10.6 Å². The molecule has 1 heterocycles. The van der Waals surface area contributed by atoms with Crippen LogP contribution in [0.3, 0.4) is 0 Å². The van der Waals surface area contributed by atoms with Crippen LogP contribution in [0.4, 0.5) is 21.5 Å². The molecule has 7 heteroatoms. The number of amides is 3. The summed E-state index contributed by atoms with van der Waals surface area (Å²) in [5, 5.41) is 4.84. The molecule has 0 saturated carbocycles. The Bertz CT molecular complexity index is 882. The molecule has 0 spiro atoms. The number of carbonyl (C=O) groups excluding carboxylic acids is 3. The molecule has 1 aliphatic rings. The molecule has 0 atom stereocenters. The van der Waals surface area contributed by atoms with E-state index in [1.807, 2.05) is 6.92 Å². The third-order valence-electron chi connectivity index (χ3n) is 4.12. The number of carbonyl (C=O) groups is 3. The lowest BCUT2D eigenvalue weighted by atomic mass is 10.1. The average molecular weight is 355 g/mol. The van der Waals surface area contributed by atoms with Gasteiger partial charge in [0.05, 0.1) is 0 Å². The topological polar surface area (TPSA) is 78.5 Å². The number of rotatable bonds is 3. The second-order valence-electron chi connectivity index (χ2n) is 6.07. The maximum atomic E-state index is 13.1. The van der Waals surface area contributed by atoms with Gasteiger partial charge in [0.25, 0.3) is 0 Å². The van der Waals surface area contributed by atoms with Crippen molar-refractivity contribution in [3.05, 3.63) is 53.8 Å². The monoisotopic (exact) mass is 355 g/mol. The van der Waals surface area contributed by atoms with E-state index < -0.39 is 17.6 Å². The van der Waals surface area contributed by atoms with Gasteiger partial charge in [0.15, 0.2) is 0 Å². The van der Waals surface area contributed by atoms with Crippen LogP contribution in [-0.2, 0) is 14.4 Å². The van der Waals surface area contributed by atoms with E-state index in [-0.39, 0.29) is 11.6 Å². The molecule has 2 N–H and O–H groups in total. The van der Waals surface area contributed by atoms with Crippen LogP contribution in [0.25, 0.3) is 0 Å². The smallest absolute Gasteiger partial charge is 0.314 e. The Kier molecular flexibility index (Phi) is 4.97. The predicted molar refractivity (Wildman–Crippen MR) is 96.4 cm³/mol. The summed E-state index contributed by atoms with van der Waals surface area (Å²) in [6.45, 7) is 2.51. The van der Waals surface area contributed by atoms with Crippen molar-refractivity contribution in [2.75, 3.05) is 22.1 Å². The number of hydrogen-bond acceptors (Lipinski definition) is 3. The van der Waals surface area contributed by atoms with Gasteiger partial charge in [-0.25, -0.2) is 4.39 Å². The summed E-state index contributed by atoms with van der Waals surface area (Å²) in [4.78, 5) is 37.7. The van der Waals surface area contributed by atoms with Gasteiger partial charge in [-0.05, 0) is 49.2 Å². The number of nitrogens with zero attached hydrogens (tertiary/aromatic N) is 1. The third-order valence-corrected chi connectivity index (χ3v) is 4.12. The zero-order valence-corrected chi connectivity index (χ0v) is 14.2. The molecular weight excluding hydrogens is 337 g/mol. The van der Waals surface area contributed by atoms with Gasteiger partial charge in [0.2, 0.25) is 5.91 Å². The first kappa shape index (κ1) is 17.6. The largest absolute Gasteiger partial charge is 0.318 e. The van der Waals surface area contributed by atoms with Gasteiger partial charge in [0.1, 0.15) is 5.82 Å². The van der Waals surface area contributed by atoms with E-state index in [4.69, 9.17) is 0 Å². The number of hydrogen-bond donors (Lipinski definition) is 2. The third kappa shape index (κ3) is 3.88. The zero-order chi connectivity index (χ0) is 18.7. The van der Waals surface area contributed by atoms with Gasteiger partial charge >= 0.3 is 11.8 Å². The van der Waals surface area contributed by atoms with Gasteiger partial charge in [0, 0.05) is 30.0 Å². The highest BCUT2D eigenvalue weighted by Crippen LogP contribution is 2.28. The van der Waals surface area contributed by atoms with Crippen LogP contribution < -0.4 is 15.5 Å². The highest BCUT2D eigenvalue weighted by molar-refractivity contribution is 6.43. The minimum atomic E-state index is -0.907. The fourth-order valence-corrected chi connectivity index (χ4v) is 2.82. The molecule has 3 rings (SSSR count). The Balaban J connectivity index is 1.71. The average Bonchev–Trinajstić information content (AvgIpc) is 3.02. The van der Waals surface area contributed by atoms with Crippen molar-refractivity contribution < 1.29 is 18.8 Å². The Morgan fingerprint density at radius 1 is 1.04 bits per heavy atom. The van der Waals surface area contributed by atoms with Crippen LogP contribution in [0.1, 0.15) is 18.4 Å². The Morgan fingerprint density at radius 3 is 2.35 bits per heavy atom. The fourth-order valence-electron chi connectivity index (χ4n) is 2.82. The summed E-state index contributed by atoms with van der Waals surface area (Å²) in [5.41, 5.74) is 2.22. The van der Waals surface area contributed by atoms with E-state index in [1.165, 1.54) is 18.2 Å². The van der Waals surface area contributed by atoms with E-state index in [0.29, 0.717) is 18.7 Å². The van der Waals surface area contributed by atoms with Crippen molar-refractivity contribution in [1.29, 1.82) is 0 Å². The number of nitrogens with one attached hydrogen (secondary N) is 2. The number of benzene rings is 2. The molecule has 1 fully saturated rings. The molecule has 0 aromatic heterocycles. The fraction of sp³-hybridized carbons (Fsp3) is 0.211. The molecule has 0 aliphatic carbocycles. The maximum absolute atomic E-state index is 13.1. The molecule has 3 amide bonds. The molecule has 2 aromatic rings. The maximum Gasteiger partial charge on any atom is 0.314 e. The molecule has 6 nitrogen and oxygen atoms in total. The summed E-state index contributed by atoms with van der Waals surface area (Å²) >= 11 is 0. The van der Waals surface area contributed by atoms with Gasteiger partial charge < -0.3 is 15.5 Å².